The number of hydrogen-bond acceptors (Lipinski definition) is 3. The maximum Gasteiger partial charge on any atom is 0.267 e. The summed E-state index contributed by atoms with van der Waals surface area (Å²) in [7, 11) is 0. The highest BCUT2D eigenvalue weighted by atomic mass is 35.5. The van der Waals surface area contributed by atoms with Crippen LogP contribution in [0.2, 0.25) is 5.02 Å². The Hall–Kier alpha value is -2.77. The number of rotatable bonds is 5. The monoisotopic (exact) mass is 339 g/mol. The zero-order valence-corrected chi connectivity index (χ0v) is 14.3. The fourth-order valence-corrected chi connectivity index (χ4v) is 2.32. The van der Waals surface area contributed by atoms with Crippen LogP contribution >= 0.6 is 11.6 Å². The van der Waals surface area contributed by atoms with Crippen LogP contribution in [0.4, 0.5) is 11.4 Å². The number of nitrogens with one attached hydrogen (secondary N) is 2. The zero-order chi connectivity index (χ0) is 17.5. The highest BCUT2D eigenvalue weighted by molar-refractivity contribution is 6.31. The van der Waals surface area contributed by atoms with Crippen LogP contribution < -0.4 is 10.6 Å². The van der Waals surface area contributed by atoms with Crippen LogP contribution in [0.5, 0.6) is 0 Å². The SMILES string of the molecule is CCc1ccccc1N/C=C(/C#N)C(=O)Nc1ccc(C)c(Cl)c1. The van der Waals surface area contributed by atoms with Gasteiger partial charge in [-0.3, -0.25) is 4.79 Å². The molecule has 0 fully saturated rings. The molecule has 0 bridgehead atoms. The molecule has 0 unspecified atom stereocenters. The standard InChI is InChI=1S/C19H18ClN3O/c1-3-14-6-4-5-7-18(14)22-12-15(11-21)19(24)23-16-9-8-13(2)17(20)10-16/h4-10,12,22H,3H2,1-2H3,(H,23,24)/b15-12-. The van der Waals surface area contributed by atoms with Gasteiger partial charge in [0, 0.05) is 22.6 Å². The van der Waals surface area contributed by atoms with E-state index in [1.807, 2.05) is 50.2 Å². The highest BCUT2D eigenvalue weighted by Crippen LogP contribution is 2.20. The lowest BCUT2D eigenvalue weighted by Gasteiger charge is -2.09. The zero-order valence-electron chi connectivity index (χ0n) is 13.6. The summed E-state index contributed by atoms with van der Waals surface area (Å²) in [6.07, 6.45) is 2.27. The first-order valence-electron chi connectivity index (χ1n) is 7.57. The quantitative estimate of drug-likeness (QED) is 0.614. The first kappa shape index (κ1) is 17.6. The lowest BCUT2D eigenvalue weighted by Crippen LogP contribution is -2.14. The average molecular weight is 340 g/mol. The first-order valence-corrected chi connectivity index (χ1v) is 7.95. The first-order chi connectivity index (χ1) is 11.5. The topological polar surface area (TPSA) is 64.9 Å². The van der Waals surface area contributed by atoms with Crippen LogP contribution in [0.3, 0.4) is 0 Å². The Morgan fingerprint density at radius 1 is 1.29 bits per heavy atom. The number of aryl methyl sites for hydroxylation is 2. The van der Waals surface area contributed by atoms with E-state index in [0.717, 1.165) is 23.2 Å². The average Bonchev–Trinajstić information content (AvgIpc) is 2.59. The largest absolute Gasteiger partial charge is 0.360 e. The smallest absolute Gasteiger partial charge is 0.267 e. The van der Waals surface area contributed by atoms with Gasteiger partial charge in [0.15, 0.2) is 0 Å². The van der Waals surface area contributed by atoms with Crippen molar-refractivity contribution in [3.8, 4) is 6.07 Å². The fraction of sp³-hybridized carbons (Fsp3) is 0.158. The summed E-state index contributed by atoms with van der Waals surface area (Å²) in [4.78, 5) is 12.2. The molecule has 0 saturated heterocycles. The second-order valence-electron chi connectivity index (χ2n) is 5.24. The van der Waals surface area contributed by atoms with Crippen molar-refractivity contribution in [2.24, 2.45) is 0 Å². The van der Waals surface area contributed by atoms with Crippen LogP contribution in [0.25, 0.3) is 0 Å². The van der Waals surface area contributed by atoms with Gasteiger partial charge < -0.3 is 10.6 Å². The molecular formula is C19H18ClN3O. The molecule has 5 heteroatoms. The molecule has 0 saturated carbocycles. The summed E-state index contributed by atoms with van der Waals surface area (Å²) in [5.74, 6) is -0.487. The molecule has 24 heavy (non-hydrogen) atoms. The molecule has 4 nitrogen and oxygen atoms in total. The maximum atomic E-state index is 12.2. The predicted octanol–water partition coefficient (Wildman–Crippen LogP) is 4.67. The number of nitriles is 1. The van der Waals surface area contributed by atoms with Gasteiger partial charge in [0.1, 0.15) is 11.6 Å². The van der Waals surface area contributed by atoms with Crippen molar-refractivity contribution >= 4 is 28.9 Å². The molecule has 0 radical (unpaired) electrons. The van der Waals surface area contributed by atoms with Crippen molar-refractivity contribution in [2.75, 3.05) is 10.6 Å². The highest BCUT2D eigenvalue weighted by Gasteiger charge is 2.10. The number of benzene rings is 2. The minimum Gasteiger partial charge on any atom is -0.360 e. The summed E-state index contributed by atoms with van der Waals surface area (Å²) in [6, 6.07) is 14.9. The van der Waals surface area contributed by atoms with Crippen molar-refractivity contribution in [3.05, 3.63) is 70.4 Å². The molecule has 2 aromatic carbocycles. The van der Waals surface area contributed by atoms with Crippen LogP contribution in [-0.2, 0) is 11.2 Å². The minimum absolute atomic E-state index is 0.0161. The molecule has 1 amide bonds. The van der Waals surface area contributed by atoms with E-state index >= 15 is 0 Å². The van der Waals surface area contributed by atoms with E-state index in [9.17, 15) is 10.1 Å². The molecule has 0 aromatic heterocycles. The molecule has 122 valence electrons. The van der Waals surface area contributed by atoms with Gasteiger partial charge in [-0.1, -0.05) is 42.8 Å². The Kier molecular flexibility index (Phi) is 6.00. The van der Waals surface area contributed by atoms with Crippen molar-refractivity contribution in [1.82, 2.24) is 0 Å². The van der Waals surface area contributed by atoms with Gasteiger partial charge in [0.05, 0.1) is 0 Å². The van der Waals surface area contributed by atoms with Crippen molar-refractivity contribution in [3.63, 3.8) is 0 Å². The van der Waals surface area contributed by atoms with Crippen LogP contribution in [0, 0.1) is 18.3 Å². The molecule has 2 aromatic rings. The third-order valence-electron chi connectivity index (χ3n) is 3.57. The van der Waals surface area contributed by atoms with E-state index < -0.39 is 5.91 Å². The molecule has 2 rings (SSSR count). The number of carbonyl (C=O) groups is 1. The lowest BCUT2D eigenvalue weighted by molar-refractivity contribution is -0.112. The van der Waals surface area contributed by atoms with Crippen molar-refractivity contribution in [2.45, 2.75) is 20.3 Å². The summed E-state index contributed by atoms with van der Waals surface area (Å²) < 4.78 is 0. The molecule has 2 N–H and O–H groups in total. The van der Waals surface area contributed by atoms with Gasteiger partial charge in [0.25, 0.3) is 5.91 Å². The van der Waals surface area contributed by atoms with Crippen LogP contribution in [-0.4, -0.2) is 5.91 Å². The third-order valence-corrected chi connectivity index (χ3v) is 3.97. The number of para-hydroxylation sites is 1. The second kappa shape index (κ2) is 8.19. The van der Waals surface area contributed by atoms with Crippen molar-refractivity contribution in [1.29, 1.82) is 5.26 Å². The lowest BCUT2D eigenvalue weighted by atomic mass is 10.1. The molecule has 0 atom stereocenters. The Labute approximate surface area is 146 Å². The molecular weight excluding hydrogens is 322 g/mol. The summed E-state index contributed by atoms with van der Waals surface area (Å²) in [5, 5.41) is 15.5. The van der Waals surface area contributed by atoms with Crippen LogP contribution in [0.15, 0.2) is 54.2 Å². The van der Waals surface area contributed by atoms with E-state index in [1.165, 1.54) is 6.20 Å². The third kappa shape index (κ3) is 4.37. The molecule has 0 aliphatic rings. The fourth-order valence-electron chi connectivity index (χ4n) is 2.14. The molecule has 0 aliphatic carbocycles. The summed E-state index contributed by atoms with van der Waals surface area (Å²) >= 11 is 6.04. The summed E-state index contributed by atoms with van der Waals surface area (Å²) in [5.41, 5.74) is 3.43. The van der Waals surface area contributed by atoms with Gasteiger partial charge in [-0.05, 0) is 42.7 Å². The van der Waals surface area contributed by atoms with E-state index in [-0.39, 0.29) is 5.57 Å². The van der Waals surface area contributed by atoms with Gasteiger partial charge >= 0.3 is 0 Å². The number of hydrogen-bond donors (Lipinski definition) is 2. The normalized spacial score (nSPS) is 10.8. The number of amides is 1. The Bertz CT molecular complexity index is 822. The number of anilines is 2. The minimum atomic E-state index is -0.487. The maximum absolute atomic E-state index is 12.2. The summed E-state index contributed by atoms with van der Waals surface area (Å²) in [6.45, 7) is 3.92. The number of nitrogens with zero attached hydrogens (tertiary/aromatic N) is 1. The van der Waals surface area contributed by atoms with Gasteiger partial charge in [-0.2, -0.15) is 5.26 Å². The van der Waals surface area contributed by atoms with Crippen molar-refractivity contribution < 1.29 is 4.79 Å². The molecule has 0 heterocycles. The van der Waals surface area contributed by atoms with E-state index in [4.69, 9.17) is 11.6 Å². The van der Waals surface area contributed by atoms with Gasteiger partial charge in [0.2, 0.25) is 0 Å². The van der Waals surface area contributed by atoms with E-state index in [0.29, 0.717) is 10.7 Å². The van der Waals surface area contributed by atoms with Crippen LogP contribution in [0.1, 0.15) is 18.1 Å². The molecule has 0 aliphatic heterocycles. The second-order valence-corrected chi connectivity index (χ2v) is 5.65. The van der Waals surface area contributed by atoms with Gasteiger partial charge in [-0.15, -0.1) is 0 Å². The Balaban J connectivity index is 2.13. The number of carbonyl (C=O) groups excluding carboxylic acids is 1. The Morgan fingerprint density at radius 2 is 2.04 bits per heavy atom. The predicted molar refractivity (Wildman–Crippen MR) is 98.0 cm³/mol. The Morgan fingerprint density at radius 3 is 2.71 bits per heavy atom. The van der Waals surface area contributed by atoms with Gasteiger partial charge in [-0.25, -0.2) is 0 Å². The van der Waals surface area contributed by atoms with E-state index in [2.05, 4.69) is 10.6 Å². The molecule has 0 spiro atoms. The number of halogens is 1. The van der Waals surface area contributed by atoms with E-state index in [1.54, 1.807) is 12.1 Å².